The Bertz CT molecular complexity index is 328. The molecular formula is C14H23NOS. The number of hydrogen-bond donors (Lipinski definition) is 2. The fourth-order valence-corrected chi connectivity index (χ4v) is 2.63. The SMILES string of the molecule is CCCCCCCCSc1ccc(N)c(O)c1. The van der Waals surface area contributed by atoms with Gasteiger partial charge in [0, 0.05) is 4.90 Å². The number of nitrogens with two attached hydrogens (primary N) is 1. The van der Waals surface area contributed by atoms with Crippen LogP contribution in [0.3, 0.4) is 0 Å². The topological polar surface area (TPSA) is 46.2 Å². The monoisotopic (exact) mass is 253 g/mol. The number of nitrogen functional groups attached to an aromatic ring is 1. The molecule has 1 aromatic rings. The first kappa shape index (κ1) is 14.2. The van der Waals surface area contributed by atoms with E-state index in [0.29, 0.717) is 5.69 Å². The molecule has 0 aliphatic heterocycles. The van der Waals surface area contributed by atoms with E-state index in [1.165, 1.54) is 38.5 Å². The molecule has 0 fully saturated rings. The first-order chi connectivity index (χ1) is 8.24. The number of hydrogen-bond acceptors (Lipinski definition) is 3. The standard InChI is InChI=1S/C14H23NOS/c1-2-3-4-5-6-7-10-17-12-8-9-13(15)14(16)11-12/h8-9,11,16H,2-7,10,15H2,1H3. The summed E-state index contributed by atoms with van der Waals surface area (Å²) in [7, 11) is 0. The summed E-state index contributed by atoms with van der Waals surface area (Å²) < 4.78 is 0. The lowest BCUT2D eigenvalue weighted by atomic mass is 10.1. The summed E-state index contributed by atoms with van der Waals surface area (Å²) in [6.07, 6.45) is 7.94. The third-order valence-electron chi connectivity index (χ3n) is 2.77. The first-order valence-corrected chi connectivity index (χ1v) is 7.44. The molecular weight excluding hydrogens is 230 g/mol. The van der Waals surface area contributed by atoms with Crippen LogP contribution in [-0.2, 0) is 0 Å². The second-order valence-corrected chi connectivity index (χ2v) is 5.51. The Morgan fingerprint density at radius 2 is 1.82 bits per heavy atom. The molecule has 0 atom stereocenters. The molecule has 96 valence electrons. The molecule has 0 spiro atoms. The smallest absolute Gasteiger partial charge is 0.139 e. The normalized spacial score (nSPS) is 10.6. The third kappa shape index (κ3) is 5.87. The first-order valence-electron chi connectivity index (χ1n) is 6.45. The lowest BCUT2D eigenvalue weighted by Gasteiger charge is -2.04. The summed E-state index contributed by atoms with van der Waals surface area (Å²) in [5, 5.41) is 9.46. The molecule has 0 aliphatic rings. The van der Waals surface area contributed by atoms with Crippen LogP contribution in [0.2, 0.25) is 0 Å². The van der Waals surface area contributed by atoms with Gasteiger partial charge in [0.2, 0.25) is 0 Å². The molecule has 0 aromatic heterocycles. The van der Waals surface area contributed by atoms with E-state index in [2.05, 4.69) is 6.92 Å². The number of aromatic hydroxyl groups is 1. The molecule has 3 heteroatoms. The van der Waals surface area contributed by atoms with E-state index in [1.807, 2.05) is 6.07 Å². The predicted octanol–water partition coefficient (Wildman–Crippen LogP) is 4.43. The maximum Gasteiger partial charge on any atom is 0.139 e. The number of benzene rings is 1. The van der Waals surface area contributed by atoms with Gasteiger partial charge in [-0.1, -0.05) is 39.0 Å². The van der Waals surface area contributed by atoms with Gasteiger partial charge in [-0.15, -0.1) is 11.8 Å². The van der Waals surface area contributed by atoms with E-state index in [4.69, 9.17) is 5.73 Å². The van der Waals surface area contributed by atoms with E-state index in [0.717, 1.165) is 10.6 Å². The predicted molar refractivity (Wildman–Crippen MR) is 76.6 cm³/mol. The van der Waals surface area contributed by atoms with Crippen molar-refractivity contribution in [1.29, 1.82) is 0 Å². The molecule has 0 bridgehead atoms. The van der Waals surface area contributed by atoms with Crippen LogP contribution in [0.5, 0.6) is 5.75 Å². The molecule has 3 N–H and O–H groups in total. The highest BCUT2D eigenvalue weighted by Crippen LogP contribution is 2.27. The minimum atomic E-state index is 0.193. The van der Waals surface area contributed by atoms with Crippen LogP contribution in [-0.4, -0.2) is 10.9 Å². The van der Waals surface area contributed by atoms with Crippen molar-refractivity contribution < 1.29 is 5.11 Å². The van der Waals surface area contributed by atoms with Crippen molar-refractivity contribution in [2.45, 2.75) is 50.3 Å². The minimum Gasteiger partial charge on any atom is -0.506 e. The molecule has 17 heavy (non-hydrogen) atoms. The van der Waals surface area contributed by atoms with Crippen LogP contribution in [0, 0.1) is 0 Å². The van der Waals surface area contributed by atoms with Crippen molar-refractivity contribution in [2.24, 2.45) is 0 Å². The highest BCUT2D eigenvalue weighted by molar-refractivity contribution is 7.99. The zero-order valence-corrected chi connectivity index (χ0v) is 11.4. The van der Waals surface area contributed by atoms with E-state index in [-0.39, 0.29) is 5.75 Å². The molecule has 0 saturated carbocycles. The zero-order chi connectivity index (χ0) is 12.5. The van der Waals surface area contributed by atoms with Gasteiger partial charge in [-0.05, 0) is 30.4 Å². The van der Waals surface area contributed by atoms with E-state index in [9.17, 15) is 5.11 Å². The molecule has 0 aliphatic carbocycles. The molecule has 0 heterocycles. The molecule has 2 nitrogen and oxygen atoms in total. The molecule has 0 radical (unpaired) electrons. The number of phenolic OH excluding ortho intramolecular Hbond substituents is 1. The lowest BCUT2D eigenvalue weighted by Crippen LogP contribution is -1.86. The van der Waals surface area contributed by atoms with E-state index in [1.54, 1.807) is 23.9 Å². The summed E-state index contributed by atoms with van der Waals surface area (Å²) in [4.78, 5) is 1.10. The summed E-state index contributed by atoms with van der Waals surface area (Å²) in [5.41, 5.74) is 6.00. The van der Waals surface area contributed by atoms with Gasteiger partial charge in [0.25, 0.3) is 0 Å². The number of phenols is 1. The number of rotatable bonds is 8. The fraction of sp³-hybridized carbons (Fsp3) is 0.571. The summed E-state index contributed by atoms with van der Waals surface area (Å²) >= 11 is 1.79. The number of unbranched alkanes of at least 4 members (excludes halogenated alkanes) is 5. The average molecular weight is 253 g/mol. The van der Waals surface area contributed by atoms with Crippen LogP contribution in [0.4, 0.5) is 5.69 Å². The van der Waals surface area contributed by atoms with Crippen molar-refractivity contribution in [3.8, 4) is 5.75 Å². The Morgan fingerprint density at radius 1 is 1.12 bits per heavy atom. The van der Waals surface area contributed by atoms with Crippen LogP contribution in [0.15, 0.2) is 23.1 Å². The highest BCUT2D eigenvalue weighted by atomic mass is 32.2. The van der Waals surface area contributed by atoms with E-state index < -0.39 is 0 Å². The van der Waals surface area contributed by atoms with Crippen LogP contribution in [0.1, 0.15) is 45.4 Å². The van der Waals surface area contributed by atoms with Gasteiger partial charge in [0.15, 0.2) is 0 Å². The maximum absolute atomic E-state index is 9.46. The van der Waals surface area contributed by atoms with Gasteiger partial charge >= 0.3 is 0 Å². The second-order valence-electron chi connectivity index (χ2n) is 4.34. The highest BCUT2D eigenvalue weighted by Gasteiger charge is 1.99. The van der Waals surface area contributed by atoms with Crippen LogP contribution < -0.4 is 5.73 Å². The van der Waals surface area contributed by atoms with Gasteiger partial charge in [0.05, 0.1) is 5.69 Å². The average Bonchev–Trinajstić information content (AvgIpc) is 2.32. The summed E-state index contributed by atoms with van der Waals surface area (Å²) in [6, 6.07) is 5.48. The Hall–Kier alpha value is -0.830. The molecule has 0 unspecified atom stereocenters. The van der Waals surface area contributed by atoms with Crippen molar-refractivity contribution in [2.75, 3.05) is 11.5 Å². The molecule has 1 aromatic carbocycles. The Labute approximate surface area is 109 Å². The van der Waals surface area contributed by atoms with Gasteiger partial charge in [-0.2, -0.15) is 0 Å². The fourth-order valence-electron chi connectivity index (χ4n) is 1.69. The Balaban J connectivity index is 2.11. The van der Waals surface area contributed by atoms with Crippen molar-refractivity contribution >= 4 is 17.4 Å². The Kier molecular flexibility index (Phi) is 6.94. The van der Waals surface area contributed by atoms with Gasteiger partial charge in [0.1, 0.15) is 5.75 Å². The summed E-state index contributed by atoms with van der Waals surface area (Å²) in [6.45, 7) is 2.24. The number of thioether (sulfide) groups is 1. The van der Waals surface area contributed by atoms with Crippen molar-refractivity contribution in [3.05, 3.63) is 18.2 Å². The molecule has 1 rings (SSSR count). The van der Waals surface area contributed by atoms with Crippen LogP contribution >= 0.6 is 11.8 Å². The van der Waals surface area contributed by atoms with Crippen molar-refractivity contribution in [3.63, 3.8) is 0 Å². The van der Waals surface area contributed by atoms with E-state index >= 15 is 0 Å². The van der Waals surface area contributed by atoms with Gasteiger partial charge in [-0.3, -0.25) is 0 Å². The Morgan fingerprint density at radius 3 is 2.53 bits per heavy atom. The lowest BCUT2D eigenvalue weighted by molar-refractivity contribution is 0.476. The van der Waals surface area contributed by atoms with Crippen molar-refractivity contribution in [1.82, 2.24) is 0 Å². The zero-order valence-electron chi connectivity index (χ0n) is 10.6. The largest absolute Gasteiger partial charge is 0.506 e. The number of anilines is 1. The van der Waals surface area contributed by atoms with Gasteiger partial charge in [-0.25, -0.2) is 0 Å². The van der Waals surface area contributed by atoms with Gasteiger partial charge < -0.3 is 10.8 Å². The summed E-state index contributed by atoms with van der Waals surface area (Å²) in [5.74, 6) is 1.31. The molecule has 0 amide bonds. The van der Waals surface area contributed by atoms with Crippen LogP contribution in [0.25, 0.3) is 0 Å². The molecule has 0 saturated heterocycles. The maximum atomic E-state index is 9.46. The second kappa shape index (κ2) is 8.29. The third-order valence-corrected chi connectivity index (χ3v) is 3.85. The minimum absolute atomic E-state index is 0.193. The quantitative estimate of drug-likeness (QED) is 0.312.